The van der Waals surface area contributed by atoms with Crippen LogP contribution in [0.1, 0.15) is 35.1 Å². The summed E-state index contributed by atoms with van der Waals surface area (Å²) in [7, 11) is 0. The van der Waals surface area contributed by atoms with Crippen molar-refractivity contribution in [2.45, 2.75) is 50.4 Å². The van der Waals surface area contributed by atoms with E-state index in [2.05, 4.69) is 30.1 Å². The van der Waals surface area contributed by atoms with Crippen LogP contribution >= 0.6 is 23.1 Å². The predicted octanol–water partition coefficient (Wildman–Crippen LogP) is 3.22. The molecule has 0 aromatic carbocycles. The van der Waals surface area contributed by atoms with Crippen LogP contribution in [-0.4, -0.2) is 17.0 Å². The number of thioether (sulfide) groups is 1. The molecule has 1 aromatic rings. The largest absolute Gasteiger partial charge is 0.308 e. The second-order valence-corrected chi connectivity index (χ2v) is 7.66. The molecule has 3 heteroatoms. The molecule has 0 radical (unpaired) electrons. The second-order valence-electron chi connectivity index (χ2n) is 4.97. The zero-order valence-corrected chi connectivity index (χ0v) is 11.4. The van der Waals surface area contributed by atoms with E-state index in [0.29, 0.717) is 0 Å². The third-order valence-corrected chi connectivity index (χ3v) is 6.15. The van der Waals surface area contributed by atoms with Crippen LogP contribution in [0.5, 0.6) is 0 Å². The molecular weight excluding hydrogens is 234 g/mol. The minimum absolute atomic E-state index is 0.747. The molecule has 1 aromatic heterocycles. The first-order chi connectivity index (χ1) is 7.81. The van der Waals surface area contributed by atoms with Gasteiger partial charge >= 0.3 is 0 Å². The fraction of sp³-hybridized carbons (Fsp3) is 0.692. The van der Waals surface area contributed by atoms with Crippen molar-refractivity contribution in [2.75, 3.05) is 5.75 Å². The Balaban J connectivity index is 1.54. The van der Waals surface area contributed by atoms with E-state index in [9.17, 15) is 0 Å². The van der Waals surface area contributed by atoms with Crippen LogP contribution < -0.4 is 5.32 Å². The Hall–Kier alpha value is 0.01000. The zero-order valence-electron chi connectivity index (χ0n) is 9.79. The normalized spacial score (nSPS) is 28.6. The molecule has 3 rings (SSSR count). The van der Waals surface area contributed by atoms with Crippen molar-refractivity contribution in [1.82, 2.24) is 5.32 Å². The van der Waals surface area contributed by atoms with Gasteiger partial charge in [0.2, 0.25) is 0 Å². The van der Waals surface area contributed by atoms with Crippen molar-refractivity contribution in [3.05, 3.63) is 21.4 Å². The van der Waals surface area contributed by atoms with E-state index < -0.39 is 0 Å². The molecular formula is C13H19NS2. The summed E-state index contributed by atoms with van der Waals surface area (Å²) in [6.07, 6.45) is 5.37. The summed E-state index contributed by atoms with van der Waals surface area (Å²) < 4.78 is 0. The number of thiophene rings is 1. The van der Waals surface area contributed by atoms with Gasteiger partial charge in [0.05, 0.1) is 0 Å². The van der Waals surface area contributed by atoms with Gasteiger partial charge in [0.1, 0.15) is 0 Å². The van der Waals surface area contributed by atoms with Crippen molar-refractivity contribution in [3.8, 4) is 0 Å². The number of fused-ring (bicyclic) bond motifs is 1. The summed E-state index contributed by atoms with van der Waals surface area (Å²) in [6, 6.07) is 3.18. The minimum Gasteiger partial charge on any atom is -0.308 e. The maximum absolute atomic E-state index is 3.71. The van der Waals surface area contributed by atoms with Crippen molar-refractivity contribution >= 4 is 23.1 Å². The van der Waals surface area contributed by atoms with Crippen LogP contribution in [0.3, 0.4) is 0 Å². The van der Waals surface area contributed by atoms with E-state index in [4.69, 9.17) is 0 Å². The average molecular weight is 253 g/mol. The molecule has 0 bridgehead atoms. The Morgan fingerprint density at radius 1 is 1.44 bits per heavy atom. The summed E-state index contributed by atoms with van der Waals surface area (Å²) in [5.41, 5.74) is 1.64. The summed E-state index contributed by atoms with van der Waals surface area (Å²) in [4.78, 5) is 3.21. The quantitative estimate of drug-likeness (QED) is 0.887. The maximum Gasteiger partial charge on any atom is 0.0302 e. The minimum atomic E-state index is 0.747. The fourth-order valence-corrected chi connectivity index (χ4v) is 5.08. The Kier molecular flexibility index (Phi) is 3.27. The molecule has 2 atom stereocenters. The summed E-state index contributed by atoms with van der Waals surface area (Å²) >= 11 is 4.14. The number of rotatable bonds is 3. The predicted molar refractivity (Wildman–Crippen MR) is 73.5 cm³/mol. The lowest BCUT2D eigenvalue weighted by Crippen LogP contribution is -2.28. The van der Waals surface area contributed by atoms with Crippen LogP contribution in [0.15, 0.2) is 6.07 Å². The first-order valence-electron chi connectivity index (χ1n) is 6.26. The summed E-state index contributed by atoms with van der Waals surface area (Å²) in [6.45, 7) is 3.43. The Morgan fingerprint density at radius 2 is 2.38 bits per heavy atom. The lowest BCUT2D eigenvalue weighted by molar-refractivity contribution is 0.541. The van der Waals surface area contributed by atoms with E-state index in [1.165, 1.54) is 31.4 Å². The topological polar surface area (TPSA) is 12.0 Å². The third-order valence-electron chi connectivity index (χ3n) is 3.56. The van der Waals surface area contributed by atoms with Crippen LogP contribution in [0.25, 0.3) is 0 Å². The summed E-state index contributed by atoms with van der Waals surface area (Å²) in [5.74, 6) is 1.30. The highest BCUT2D eigenvalue weighted by Gasteiger charge is 2.21. The molecule has 1 nitrogen and oxygen atoms in total. The Bertz CT molecular complexity index is 351. The molecule has 2 heterocycles. The monoisotopic (exact) mass is 253 g/mol. The van der Waals surface area contributed by atoms with Crippen LogP contribution in [-0.2, 0) is 19.4 Å². The van der Waals surface area contributed by atoms with Crippen molar-refractivity contribution in [3.63, 3.8) is 0 Å². The Labute approximate surface area is 106 Å². The highest BCUT2D eigenvalue weighted by atomic mass is 32.2. The Morgan fingerprint density at radius 3 is 3.12 bits per heavy atom. The van der Waals surface area contributed by atoms with Crippen molar-refractivity contribution in [1.29, 1.82) is 0 Å². The van der Waals surface area contributed by atoms with E-state index in [0.717, 1.165) is 17.8 Å². The van der Waals surface area contributed by atoms with Crippen LogP contribution in [0, 0.1) is 0 Å². The molecule has 0 saturated carbocycles. The molecule has 1 fully saturated rings. The summed E-state index contributed by atoms with van der Waals surface area (Å²) in [5, 5.41) is 4.56. The molecule has 0 spiro atoms. The third kappa shape index (κ3) is 2.31. The van der Waals surface area contributed by atoms with Gasteiger partial charge in [-0.2, -0.15) is 11.8 Å². The van der Waals surface area contributed by atoms with E-state index in [-0.39, 0.29) is 0 Å². The van der Waals surface area contributed by atoms with Gasteiger partial charge in [-0.1, -0.05) is 6.92 Å². The fourth-order valence-electron chi connectivity index (χ4n) is 2.68. The molecule has 1 aliphatic heterocycles. The van der Waals surface area contributed by atoms with Gasteiger partial charge in [-0.3, -0.25) is 0 Å². The molecule has 2 unspecified atom stereocenters. The smallest absolute Gasteiger partial charge is 0.0302 e. The maximum atomic E-state index is 3.71. The molecule has 2 aliphatic rings. The standard InChI is InChI=1S/C13H19NS2/c1-9-5-11(8-15-9)14-7-12-6-10-3-2-4-13(10)16-12/h6,9,11,14H,2-5,7-8H2,1H3. The highest BCUT2D eigenvalue weighted by Crippen LogP contribution is 2.31. The number of nitrogens with one attached hydrogen (secondary N) is 1. The van der Waals surface area contributed by atoms with E-state index in [1.54, 1.807) is 15.3 Å². The first kappa shape index (κ1) is 11.1. The molecule has 0 amide bonds. The van der Waals surface area contributed by atoms with E-state index in [1.807, 2.05) is 11.3 Å². The van der Waals surface area contributed by atoms with Gasteiger partial charge in [0.25, 0.3) is 0 Å². The second kappa shape index (κ2) is 4.71. The van der Waals surface area contributed by atoms with Crippen molar-refractivity contribution < 1.29 is 0 Å². The lowest BCUT2D eigenvalue weighted by Gasteiger charge is -2.10. The number of hydrogen-bond acceptors (Lipinski definition) is 3. The lowest BCUT2D eigenvalue weighted by atomic mass is 10.2. The van der Waals surface area contributed by atoms with E-state index >= 15 is 0 Å². The molecule has 1 aliphatic carbocycles. The SMILES string of the molecule is CC1CC(NCc2cc3c(s2)CCC3)CS1. The molecule has 16 heavy (non-hydrogen) atoms. The number of hydrogen-bond donors (Lipinski definition) is 1. The first-order valence-corrected chi connectivity index (χ1v) is 8.13. The van der Waals surface area contributed by atoms with Crippen LogP contribution in [0.2, 0.25) is 0 Å². The van der Waals surface area contributed by atoms with Gasteiger partial charge in [0, 0.05) is 33.3 Å². The van der Waals surface area contributed by atoms with Crippen LogP contribution in [0.4, 0.5) is 0 Å². The average Bonchev–Trinajstić information content (AvgIpc) is 2.89. The van der Waals surface area contributed by atoms with Gasteiger partial charge < -0.3 is 5.32 Å². The molecule has 88 valence electrons. The zero-order chi connectivity index (χ0) is 11.0. The number of aryl methyl sites for hydroxylation is 2. The molecule has 1 saturated heterocycles. The van der Waals surface area contributed by atoms with Gasteiger partial charge in [-0.25, -0.2) is 0 Å². The van der Waals surface area contributed by atoms with Crippen molar-refractivity contribution in [2.24, 2.45) is 0 Å². The van der Waals surface area contributed by atoms with Gasteiger partial charge in [-0.15, -0.1) is 11.3 Å². The molecule has 1 N–H and O–H groups in total. The highest BCUT2D eigenvalue weighted by molar-refractivity contribution is 8.00. The van der Waals surface area contributed by atoms with Gasteiger partial charge in [-0.05, 0) is 37.3 Å². The van der Waals surface area contributed by atoms with Gasteiger partial charge in [0.15, 0.2) is 0 Å².